The predicted molar refractivity (Wildman–Crippen MR) is 242 cm³/mol. The van der Waals surface area contributed by atoms with Crippen molar-refractivity contribution in [2.24, 2.45) is 0 Å². The van der Waals surface area contributed by atoms with Gasteiger partial charge in [0.1, 0.15) is 17.8 Å². The van der Waals surface area contributed by atoms with Crippen molar-refractivity contribution in [2.45, 2.75) is 57.3 Å². The van der Waals surface area contributed by atoms with E-state index < -0.39 is 72.8 Å². The maximum Gasteiger partial charge on any atom is 0.326 e. The Labute approximate surface area is 401 Å². The van der Waals surface area contributed by atoms with Gasteiger partial charge in [-0.25, -0.2) is 23.9 Å². The first-order valence-electron chi connectivity index (χ1n) is 22.4. The van der Waals surface area contributed by atoms with E-state index in [9.17, 15) is 68.7 Å². The molecule has 70 heavy (non-hydrogen) atoms. The van der Waals surface area contributed by atoms with Crippen LogP contribution in [0.4, 0.5) is 15.3 Å². The van der Waals surface area contributed by atoms with Gasteiger partial charge in [0.15, 0.2) is 0 Å². The summed E-state index contributed by atoms with van der Waals surface area (Å²) in [6.07, 6.45) is 4.19. The van der Waals surface area contributed by atoms with E-state index in [2.05, 4.69) is 36.6 Å². The van der Waals surface area contributed by atoms with E-state index >= 15 is 0 Å². The number of nitrogens with zero attached hydrogens (tertiary/aromatic N) is 9. The van der Waals surface area contributed by atoms with Crippen molar-refractivity contribution in [3.63, 3.8) is 0 Å². The second kappa shape index (κ2) is 31.1. The average Bonchev–Trinajstić information content (AvgIpc) is 3.75. The number of ether oxygens (including phenoxy) is 1. The Hall–Kier alpha value is -7.08. The Kier molecular flexibility index (Phi) is 25.5. The van der Waals surface area contributed by atoms with Gasteiger partial charge in [0, 0.05) is 89.9 Å². The number of hydrogen-bond acceptors (Lipinski definition) is 17. The molecule has 10 N–H and O–H groups in total. The highest BCUT2D eigenvalue weighted by Gasteiger charge is 2.26. The van der Waals surface area contributed by atoms with Crippen LogP contribution in [0.1, 0.15) is 37.8 Å². The average molecular weight is 994 g/mol. The van der Waals surface area contributed by atoms with Crippen molar-refractivity contribution in [3.05, 3.63) is 36.4 Å². The molecule has 2 atom stereocenters. The number of anilines is 1. The van der Waals surface area contributed by atoms with Crippen LogP contribution in [-0.4, -0.2) is 241 Å². The van der Waals surface area contributed by atoms with Gasteiger partial charge in [0.25, 0.3) is 0 Å². The van der Waals surface area contributed by atoms with Gasteiger partial charge in [-0.05, 0) is 37.8 Å². The Morgan fingerprint density at radius 1 is 0.629 bits per heavy atom. The van der Waals surface area contributed by atoms with Crippen LogP contribution in [0.2, 0.25) is 0 Å². The molecule has 0 saturated carbocycles. The third-order valence-corrected chi connectivity index (χ3v) is 10.6. The standard InChI is InChI=1S/C41H63N13O16/c55-33(25-49-12-14-50(26-35(58)59)16-18-52(28-37(62)63)19-17-51(15-13-49)27-36(60)61)43-11-21-70-22-20-53-23-29(47-48-53)24-54(30-6-9-42-10-7-30)41(69)44-8-2-1-3-31(38(64)65)45-40(68)46-32(39(66)67)4-5-34(56)57/h6-7,9-10,23,31-32H,1-5,8,11-22,24-28H2,(H,43,55)(H,44,69)(H,56,57)(H,58,59)(H,60,61)(H,62,63)(H,64,65)(H,66,67)(H2,45,46,68)/t31-,32-/m0/s1. The van der Waals surface area contributed by atoms with Gasteiger partial charge in [-0.3, -0.25) is 53.5 Å². The second-order valence-electron chi connectivity index (χ2n) is 16.1. The number of amides is 5. The van der Waals surface area contributed by atoms with Crippen molar-refractivity contribution < 1.29 is 78.5 Å². The molecule has 0 aromatic carbocycles. The van der Waals surface area contributed by atoms with Gasteiger partial charge in [0.2, 0.25) is 5.91 Å². The van der Waals surface area contributed by atoms with Gasteiger partial charge in [-0.2, -0.15) is 0 Å². The van der Waals surface area contributed by atoms with Gasteiger partial charge in [-0.1, -0.05) is 5.21 Å². The molecule has 0 unspecified atom stereocenters. The van der Waals surface area contributed by atoms with E-state index in [1.54, 1.807) is 33.0 Å². The molecule has 3 rings (SSSR count). The Morgan fingerprint density at radius 3 is 1.64 bits per heavy atom. The fourth-order valence-electron chi connectivity index (χ4n) is 6.96. The molecule has 1 fully saturated rings. The highest BCUT2D eigenvalue weighted by Crippen LogP contribution is 2.16. The minimum atomic E-state index is -1.54. The zero-order valence-corrected chi connectivity index (χ0v) is 38.6. The molecule has 0 aliphatic carbocycles. The first-order chi connectivity index (χ1) is 33.4. The fourth-order valence-corrected chi connectivity index (χ4v) is 6.96. The summed E-state index contributed by atoms with van der Waals surface area (Å²) in [6, 6.07) is -1.29. The Bertz CT molecular complexity index is 2000. The highest BCUT2D eigenvalue weighted by molar-refractivity contribution is 5.91. The normalized spacial score (nSPS) is 15.3. The SMILES string of the molecule is O=C(O)CC[C@H](NC(=O)N[C@@H](CCCCNC(=O)N(Cc1cn(CCOCCNC(=O)CN2CCN(CC(=O)O)CCN(CC(=O)O)CCN(CC(=O)O)CC2)nn1)c1ccncc1)C(=O)O)C(=O)O. The molecule has 0 radical (unpaired) electrons. The van der Waals surface area contributed by atoms with Gasteiger partial charge in [-0.15, -0.1) is 5.10 Å². The molecule has 0 bridgehead atoms. The van der Waals surface area contributed by atoms with Crippen LogP contribution in [0.15, 0.2) is 30.7 Å². The van der Waals surface area contributed by atoms with Crippen LogP contribution < -0.4 is 26.2 Å². The van der Waals surface area contributed by atoms with E-state index in [-0.39, 0.29) is 124 Å². The van der Waals surface area contributed by atoms with Crippen molar-refractivity contribution in [2.75, 3.05) is 110 Å². The number of nitrogens with one attached hydrogen (secondary N) is 4. The van der Waals surface area contributed by atoms with Crippen LogP contribution in [0.3, 0.4) is 0 Å². The number of aromatic nitrogens is 4. The molecule has 2 aromatic rings. The predicted octanol–water partition coefficient (Wildman–Crippen LogP) is -2.76. The maximum absolute atomic E-state index is 13.4. The number of aliphatic carboxylic acids is 6. The highest BCUT2D eigenvalue weighted by atomic mass is 16.5. The number of urea groups is 2. The van der Waals surface area contributed by atoms with Crippen molar-refractivity contribution in [1.29, 1.82) is 0 Å². The molecule has 0 spiro atoms. The zero-order chi connectivity index (χ0) is 51.4. The molecule has 1 aliphatic heterocycles. The summed E-state index contributed by atoms with van der Waals surface area (Å²) in [5, 5.41) is 74.0. The number of rotatable bonds is 29. The molecular weight excluding hydrogens is 931 g/mol. The number of pyridine rings is 1. The summed E-state index contributed by atoms with van der Waals surface area (Å²) in [7, 11) is 0. The summed E-state index contributed by atoms with van der Waals surface area (Å²) in [4.78, 5) is 119. The zero-order valence-electron chi connectivity index (χ0n) is 38.6. The Balaban J connectivity index is 1.45. The summed E-state index contributed by atoms with van der Waals surface area (Å²) in [5.74, 6) is -7.60. The van der Waals surface area contributed by atoms with Crippen molar-refractivity contribution in [1.82, 2.24) is 60.8 Å². The van der Waals surface area contributed by atoms with Crippen LogP contribution in [0, 0.1) is 0 Å². The third-order valence-electron chi connectivity index (χ3n) is 10.6. The van der Waals surface area contributed by atoms with Crippen LogP contribution >= 0.6 is 0 Å². The summed E-state index contributed by atoms with van der Waals surface area (Å²) >= 11 is 0. The number of unbranched alkanes of at least 4 members (excludes halogenated alkanes) is 1. The maximum atomic E-state index is 13.4. The monoisotopic (exact) mass is 993 g/mol. The minimum absolute atomic E-state index is 0.00422. The molecular formula is C41H63N13O16. The molecule has 388 valence electrons. The first kappa shape index (κ1) is 57.2. The molecule has 29 heteroatoms. The van der Waals surface area contributed by atoms with Crippen LogP contribution in [0.25, 0.3) is 0 Å². The van der Waals surface area contributed by atoms with Crippen molar-refractivity contribution in [3.8, 4) is 0 Å². The number of carbonyl (C=O) groups excluding carboxylic acids is 3. The fraction of sp³-hybridized carbons (Fsp3) is 0.610. The lowest BCUT2D eigenvalue weighted by atomic mass is 10.1. The number of carboxylic acids is 6. The minimum Gasteiger partial charge on any atom is -0.481 e. The molecule has 29 nitrogen and oxygen atoms in total. The summed E-state index contributed by atoms with van der Waals surface area (Å²) < 4.78 is 7.21. The largest absolute Gasteiger partial charge is 0.481 e. The topological polar surface area (TPSA) is 392 Å². The van der Waals surface area contributed by atoms with Crippen LogP contribution in [0.5, 0.6) is 0 Å². The lowest BCUT2D eigenvalue weighted by Crippen LogP contribution is -2.51. The lowest BCUT2D eigenvalue weighted by molar-refractivity contribution is -0.141. The van der Waals surface area contributed by atoms with Crippen molar-refractivity contribution >= 4 is 59.5 Å². The van der Waals surface area contributed by atoms with E-state index in [0.29, 0.717) is 30.9 Å². The molecule has 1 saturated heterocycles. The van der Waals surface area contributed by atoms with E-state index in [1.165, 1.54) is 22.0 Å². The molecule has 5 amide bonds. The number of carboxylic acid groups (broad SMARTS) is 6. The quantitative estimate of drug-likeness (QED) is 0.0369. The van der Waals surface area contributed by atoms with E-state index in [1.807, 2.05) is 4.90 Å². The summed E-state index contributed by atoms with van der Waals surface area (Å²) in [6.45, 7) is 2.19. The molecule has 1 aliphatic rings. The molecule has 3 heterocycles. The lowest BCUT2D eigenvalue weighted by Gasteiger charge is -2.32. The Morgan fingerprint density at radius 2 is 1.14 bits per heavy atom. The van der Waals surface area contributed by atoms with Gasteiger partial charge in [0.05, 0.1) is 58.7 Å². The first-order valence-corrected chi connectivity index (χ1v) is 22.4. The smallest absolute Gasteiger partial charge is 0.326 e. The second-order valence-corrected chi connectivity index (χ2v) is 16.1. The van der Waals surface area contributed by atoms with Gasteiger partial charge < -0.3 is 56.6 Å². The summed E-state index contributed by atoms with van der Waals surface area (Å²) in [5.41, 5.74) is 0.922. The number of hydrogen-bond donors (Lipinski definition) is 10. The van der Waals surface area contributed by atoms with Crippen LogP contribution in [-0.2, 0) is 51.4 Å². The third kappa shape index (κ3) is 23.8. The van der Waals surface area contributed by atoms with E-state index in [4.69, 9.17) is 9.84 Å². The number of carbonyl (C=O) groups is 9. The van der Waals surface area contributed by atoms with E-state index in [0.717, 1.165) is 0 Å². The molecule has 2 aromatic heterocycles. The van der Waals surface area contributed by atoms with Gasteiger partial charge >= 0.3 is 47.9 Å².